The molecule has 0 saturated heterocycles. The second-order valence-electron chi connectivity index (χ2n) is 4.49. The standard InChI is InChI=1S/C8H16O3.C6H14O2.C2H3ClO/c1-3-4-5-10-6-7-11-8(2)9;1-2-3-5-8-6-4-7;1-2(3)4/h3-7H2,1-2H3;7H,2-6H2,1H3;1H3/p+1. The third kappa shape index (κ3) is 52.4. The highest BCUT2D eigenvalue weighted by Crippen LogP contribution is 1.87. The van der Waals surface area contributed by atoms with Crippen LogP contribution in [-0.4, -0.2) is 60.8 Å². The fourth-order valence-electron chi connectivity index (χ4n) is 1.01. The number of rotatable bonds is 11. The van der Waals surface area contributed by atoms with E-state index in [1.54, 1.807) is 0 Å². The molecule has 0 heterocycles. The van der Waals surface area contributed by atoms with Gasteiger partial charge >= 0.3 is 5.97 Å². The highest BCUT2D eigenvalue weighted by atomic mass is 35.5. The average Bonchev–Trinajstić information content (AvgIpc) is 2.47. The smallest absolute Gasteiger partial charge is 0.394 e. The van der Waals surface area contributed by atoms with E-state index >= 15 is 0 Å². The fraction of sp³-hybridized carbons (Fsp3) is 0.875. The third-order valence-corrected chi connectivity index (χ3v) is 2.06. The largest absolute Gasteiger partial charge is 0.479 e. The molecule has 0 aliphatic carbocycles. The van der Waals surface area contributed by atoms with Gasteiger partial charge in [-0.15, -0.1) is 0 Å². The first kappa shape index (κ1) is 27.2. The van der Waals surface area contributed by atoms with E-state index in [1.807, 2.05) is 0 Å². The molecule has 7 heteroatoms. The Hall–Kier alpha value is -0.690. The van der Waals surface area contributed by atoms with Crippen LogP contribution in [0.3, 0.4) is 0 Å². The molecular weight excluding hydrogens is 324 g/mol. The molecule has 0 aromatic carbocycles. The van der Waals surface area contributed by atoms with E-state index in [-0.39, 0.29) is 17.8 Å². The van der Waals surface area contributed by atoms with E-state index in [1.165, 1.54) is 13.8 Å². The summed E-state index contributed by atoms with van der Waals surface area (Å²) in [5.41, 5.74) is 0. The minimum Gasteiger partial charge on any atom is -0.394 e. The summed E-state index contributed by atoms with van der Waals surface area (Å²) >= 11 is 4.64. The van der Waals surface area contributed by atoms with Gasteiger partial charge in [0.25, 0.3) is 0 Å². The summed E-state index contributed by atoms with van der Waals surface area (Å²) in [5, 5.41) is 7.88. The van der Waals surface area contributed by atoms with Gasteiger partial charge in [0.05, 0.1) is 20.1 Å². The van der Waals surface area contributed by atoms with Crippen molar-refractivity contribution >= 4 is 22.8 Å². The summed E-state index contributed by atoms with van der Waals surface area (Å²) in [6.45, 7) is 10.2. The number of esters is 1. The van der Waals surface area contributed by atoms with Crippen molar-refractivity contribution in [3.63, 3.8) is 0 Å². The van der Waals surface area contributed by atoms with Gasteiger partial charge in [-0.2, -0.15) is 0 Å². The van der Waals surface area contributed by atoms with Gasteiger partial charge in [-0.1, -0.05) is 26.7 Å². The van der Waals surface area contributed by atoms with Crippen molar-refractivity contribution in [2.45, 2.75) is 53.4 Å². The number of ether oxygens (including phenoxy) is 3. The summed E-state index contributed by atoms with van der Waals surface area (Å²) in [5.74, 6) is 0.00379. The Bertz CT molecular complexity index is 239. The molecule has 23 heavy (non-hydrogen) atoms. The predicted molar refractivity (Wildman–Crippen MR) is 93.6 cm³/mol. The summed E-state index contributed by atoms with van der Waals surface area (Å²) in [6, 6.07) is 0. The summed E-state index contributed by atoms with van der Waals surface area (Å²) in [6.07, 6.45) is 4.49. The minimum atomic E-state index is -0.361. The van der Waals surface area contributed by atoms with Crippen LogP contribution in [0.4, 0.5) is 0 Å². The molecule has 0 rings (SSSR count). The Morgan fingerprint density at radius 2 is 1.39 bits per heavy atom. The molecule has 0 atom stereocenters. The number of halogens is 1. The number of carbonyl (C=O) groups is 1. The van der Waals surface area contributed by atoms with Gasteiger partial charge in [-0.25, -0.2) is 0 Å². The van der Waals surface area contributed by atoms with Gasteiger partial charge in [0.2, 0.25) is 11.8 Å². The van der Waals surface area contributed by atoms with E-state index in [4.69, 9.17) is 24.1 Å². The Labute approximate surface area is 145 Å². The molecule has 0 aliphatic heterocycles. The van der Waals surface area contributed by atoms with Crippen LogP contribution in [0.5, 0.6) is 0 Å². The van der Waals surface area contributed by atoms with E-state index in [2.05, 4.69) is 25.4 Å². The molecule has 140 valence electrons. The first-order valence-corrected chi connectivity index (χ1v) is 8.37. The summed E-state index contributed by atoms with van der Waals surface area (Å²) in [4.78, 5) is 17.8. The lowest BCUT2D eigenvalue weighted by Gasteiger charge is -1.98. The molecule has 0 aromatic heterocycles. The first-order chi connectivity index (χ1) is 10.9. The molecule has 0 bridgehead atoms. The number of aliphatic hydroxyl groups is 1. The SMILES string of the molecule is CC(=O)Cl.CCCCOCCO.CCCCOCCOC(C)=[OH+]. The van der Waals surface area contributed by atoms with Crippen molar-refractivity contribution in [3.05, 3.63) is 0 Å². The zero-order valence-electron chi connectivity index (χ0n) is 15.0. The average molecular weight is 358 g/mol. The third-order valence-electron chi connectivity index (χ3n) is 2.06. The van der Waals surface area contributed by atoms with Gasteiger partial charge in [0, 0.05) is 20.1 Å². The van der Waals surface area contributed by atoms with Gasteiger partial charge in [-0.3, -0.25) is 4.79 Å². The van der Waals surface area contributed by atoms with Crippen molar-refractivity contribution in [3.8, 4) is 0 Å². The van der Waals surface area contributed by atoms with Crippen LogP contribution in [0.2, 0.25) is 0 Å². The van der Waals surface area contributed by atoms with Gasteiger partial charge in [-0.05, 0) is 24.4 Å². The monoisotopic (exact) mass is 357 g/mol. The van der Waals surface area contributed by atoms with Crippen molar-refractivity contribution in [1.82, 2.24) is 0 Å². The molecule has 0 radical (unpaired) electrons. The van der Waals surface area contributed by atoms with Crippen LogP contribution < -0.4 is 0 Å². The van der Waals surface area contributed by atoms with Gasteiger partial charge < -0.3 is 24.1 Å². The fourth-order valence-corrected chi connectivity index (χ4v) is 1.01. The molecule has 0 spiro atoms. The molecule has 0 aromatic rings. The highest BCUT2D eigenvalue weighted by molar-refractivity contribution is 6.62. The van der Waals surface area contributed by atoms with Crippen LogP contribution in [0, 0.1) is 0 Å². The Balaban J connectivity index is -0.000000292. The number of aliphatic hydroxyl groups excluding tert-OH is 1. The lowest BCUT2D eigenvalue weighted by molar-refractivity contribution is -0.109. The van der Waals surface area contributed by atoms with Gasteiger partial charge in [0.15, 0.2) is 0 Å². The molecule has 0 saturated carbocycles. The molecule has 0 fully saturated rings. The number of carbonyl (C=O) groups excluding carboxylic acids is 2. The van der Waals surface area contributed by atoms with Crippen LogP contribution in [0.25, 0.3) is 0 Å². The predicted octanol–water partition coefficient (Wildman–Crippen LogP) is 2.91. The molecule has 0 amide bonds. The van der Waals surface area contributed by atoms with E-state index < -0.39 is 0 Å². The highest BCUT2D eigenvalue weighted by Gasteiger charge is 2.00. The second-order valence-corrected chi connectivity index (χ2v) is 5.03. The van der Waals surface area contributed by atoms with Crippen LogP contribution in [0.15, 0.2) is 0 Å². The second kappa shape index (κ2) is 26.2. The summed E-state index contributed by atoms with van der Waals surface area (Å²) < 4.78 is 14.9. The number of hydrogen-bond donors (Lipinski definition) is 1. The van der Waals surface area contributed by atoms with Gasteiger partial charge in [0.1, 0.15) is 6.61 Å². The maximum Gasteiger partial charge on any atom is 0.479 e. The number of hydrogen-bond acceptors (Lipinski definition) is 5. The van der Waals surface area contributed by atoms with Crippen molar-refractivity contribution in [2.75, 3.05) is 39.6 Å². The van der Waals surface area contributed by atoms with Crippen molar-refractivity contribution in [2.24, 2.45) is 0 Å². The number of unbranched alkanes of at least 4 members (excludes halogenated alkanes) is 2. The first-order valence-electron chi connectivity index (χ1n) is 7.99. The molecule has 6 nitrogen and oxygen atoms in total. The van der Waals surface area contributed by atoms with Crippen LogP contribution >= 0.6 is 11.6 Å². The Kier molecular flexibility index (Phi) is 31.0. The van der Waals surface area contributed by atoms with Crippen LogP contribution in [0.1, 0.15) is 53.4 Å². The molecule has 0 aliphatic rings. The Morgan fingerprint density at radius 1 is 0.957 bits per heavy atom. The topological polar surface area (TPSA) is 86.4 Å². The molecule has 2 N–H and O–H groups in total. The van der Waals surface area contributed by atoms with E-state index in [9.17, 15) is 4.79 Å². The zero-order chi connectivity index (χ0) is 18.3. The quantitative estimate of drug-likeness (QED) is 0.266. The molecular formula is C16H34ClO6+. The normalized spacial score (nSPS) is 9.13. The van der Waals surface area contributed by atoms with E-state index in [0.29, 0.717) is 19.8 Å². The zero-order valence-corrected chi connectivity index (χ0v) is 15.7. The maximum atomic E-state index is 9.21. The molecule has 0 unspecified atom stereocenters. The lowest BCUT2D eigenvalue weighted by Crippen LogP contribution is -2.08. The Morgan fingerprint density at radius 3 is 1.74 bits per heavy atom. The lowest BCUT2D eigenvalue weighted by atomic mass is 10.4. The van der Waals surface area contributed by atoms with Crippen molar-refractivity contribution in [1.29, 1.82) is 0 Å². The van der Waals surface area contributed by atoms with Crippen molar-refractivity contribution < 1.29 is 28.9 Å². The van der Waals surface area contributed by atoms with Crippen LogP contribution in [-0.2, 0) is 19.0 Å². The van der Waals surface area contributed by atoms with E-state index in [0.717, 1.165) is 38.9 Å². The maximum absolute atomic E-state index is 9.21. The minimum absolute atomic E-state index is 0.00379. The summed E-state index contributed by atoms with van der Waals surface area (Å²) in [7, 11) is 0.